The predicted octanol–water partition coefficient (Wildman–Crippen LogP) is -0.790. The van der Waals surface area contributed by atoms with Gasteiger partial charge in [-0.1, -0.05) is 0 Å². The van der Waals surface area contributed by atoms with Crippen LogP contribution in [-0.4, -0.2) is 43.7 Å². The number of carbonyl (C=O) groups is 1. The Balaban J connectivity index is 1.73. The Labute approximate surface area is 96.4 Å². The van der Waals surface area contributed by atoms with Gasteiger partial charge in [-0.2, -0.15) is 0 Å². The second-order valence-corrected chi connectivity index (χ2v) is 3.93. The smallest absolute Gasteiger partial charge is 0.220 e. The number of aromatic nitrogens is 5. The number of fused-ring (bicyclic) bond motifs is 1. The van der Waals surface area contributed by atoms with Gasteiger partial charge in [0.1, 0.15) is 5.82 Å². The van der Waals surface area contributed by atoms with E-state index < -0.39 is 0 Å². The standard InChI is InChI=1S/C9H11N7O/c17-9-4-1-6(5-10-9)11-7-2-3-8-12-14-15-16(8)13-7/h2-3,6H,1,4-5H2,(H,10,17)(H,11,13). The van der Waals surface area contributed by atoms with Crippen LogP contribution in [0.25, 0.3) is 5.65 Å². The quantitative estimate of drug-likeness (QED) is 0.705. The van der Waals surface area contributed by atoms with E-state index in [9.17, 15) is 4.79 Å². The minimum absolute atomic E-state index is 0.104. The number of nitrogens with one attached hydrogen (secondary N) is 2. The molecular weight excluding hydrogens is 222 g/mol. The molecule has 1 saturated heterocycles. The SMILES string of the molecule is O=C1CCC(Nc2ccc3nnnn3n2)CN1. The molecule has 1 amide bonds. The molecule has 3 heterocycles. The first-order valence-corrected chi connectivity index (χ1v) is 5.40. The van der Waals surface area contributed by atoms with Crippen LogP contribution in [0.2, 0.25) is 0 Å². The Morgan fingerprint density at radius 1 is 1.47 bits per heavy atom. The zero-order chi connectivity index (χ0) is 11.7. The average molecular weight is 233 g/mol. The summed E-state index contributed by atoms with van der Waals surface area (Å²) in [6.45, 7) is 0.619. The van der Waals surface area contributed by atoms with Crippen LogP contribution in [0, 0.1) is 0 Å². The summed E-state index contributed by atoms with van der Waals surface area (Å²) < 4.78 is 1.36. The summed E-state index contributed by atoms with van der Waals surface area (Å²) in [5.41, 5.74) is 0.604. The fourth-order valence-corrected chi connectivity index (χ4v) is 1.79. The number of hydrogen-bond donors (Lipinski definition) is 2. The minimum atomic E-state index is 0.104. The predicted molar refractivity (Wildman–Crippen MR) is 58.2 cm³/mol. The van der Waals surface area contributed by atoms with Gasteiger partial charge >= 0.3 is 0 Å². The van der Waals surface area contributed by atoms with E-state index in [0.29, 0.717) is 24.4 Å². The van der Waals surface area contributed by atoms with E-state index in [4.69, 9.17) is 0 Å². The highest BCUT2D eigenvalue weighted by molar-refractivity contribution is 5.76. The van der Waals surface area contributed by atoms with Crippen LogP contribution in [0.5, 0.6) is 0 Å². The van der Waals surface area contributed by atoms with Crippen LogP contribution in [0.4, 0.5) is 5.82 Å². The van der Waals surface area contributed by atoms with Crippen molar-refractivity contribution >= 4 is 17.4 Å². The summed E-state index contributed by atoms with van der Waals surface area (Å²) in [5.74, 6) is 0.804. The number of piperidine rings is 1. The van der Waals surface area contributed by atoms with Crippen molar-refractivity contribution in [3.05, 3.63) is 12.1 Å². The molecule has 2 aromatic heterocycles. The second kappa shape index (κ2) is 3.96. The maximum absolute atomic E-state index is 11.0. The zero-order valence-electron chi connectivity index (χ0n) is 9.00. The van der Waals surface area contributed by atoms with Crippen molar-refractivity contribution in [1.82, 2.24) is 30.6 Å². The Bertz CT molecular complexity index is 541. The fraction of sp³-hybridized carbons (Fsp3) is 0.444. The van der Waals surface area contributed by atoms with Gasteiger partial charge in [0.15, 0.2) is 5.65 Å². The molecule has 1 unspecified atom stereocenters. The van der Waals surface area contributed by atoms with E-state index in [1.807, 2.05) is 6.07 Å². The van der Waals surface area contributed by atoms with E-state index in [2.05, 4.69) is 31.3 Å². The number of carbonyl (C=O) groups excluding carboxylic acids is 1. The molecule has 0 saturated carbocycles. The topological polar surface area (TPSA) is 97.1 Å². The van der Waals surface area contributed by atoms with Gasteiger partial charge in [0.05, 0.1) is 0 Å². The van der Waals surface area contributed by atoms with Crippen molar-refractivity contribution in [2.24, 2.45) is 0 Å². The lowest BCUT2D eigenvalue weighted by atomic mass is 10.1. The molecular formula is C9H11N7O. The first-order valence-electron chi connectivity index (χ1n) is 5.40. The van der Waals surface area contributed by atoms with E-state index in [1.54, 1.807) is 6.07 Å². The molecule has 17 heavy (non-hydrogen) atoms. The van der Waals surface area contributed by atoms with Crippen molar-refractivity contribution in [3.8, 4) is 0 Å². The molecule has 0 aliphatic carbocycles. The Morgan fingerprint density at radius 2 is 2.41 bits per heavy atom. The van der Waals surface area contributed by atoms with E-state index in [1.165, 1.54) is 4.63 Å². The largest absolute Gasteiger partial charge is 0.364 e. The summed E-state index contributed by atoms with van der Waals surface area (Å²) in [5, 5.41) is 21.3. The average Bonchev–Trinajstić information content (AvgIpc) is 2.79. The Kier molecular flexibility index (Phi) is 2.32. The van der Waals surface area contributed by atoms with E-state index >= 15 is 0 Å². The second-order valence-electron chi connectivity index (χ2n) is 3.93. The van der Waals surface area contributed by atoms with Crippen LogP contribution in [0.1, 0.15) is 12.8 Å². The number of tetrazole rings is 1. The molecule has 0 spiro atoms. The van der Waals surface area contributed by atoms with Crippen LogP contribution >= 0.6 is 0 Å². The maximum Gasteiger partial charge on any atom is 0.220 e. The van der Waals surface area contributed by atoms with Crippen molar-refractivity contribution in [3.63, 3.8) is 0 Å². The highest BCUT2D eigenvalue weighted by Crippen LogP contribution is 2.10. The summed E-state index contributed by atoms with van der Waals surface area (Å²) in [7, 11) is 0. The first kappa shape index (κ1) is 9.94. The highest BCUT2D eigenvalue weighted by Gasteiger charge is 2.18. The number of anilines is 1. The zero-order valence-corrected chi connectivity index (χ0v) is 9.00. The third kappa shape index (κ3) is 2.01. The maximum atomic E-state index is 11.0. The molecule has 1 fully saturated rings. The molecule has 1 atom stereocenters. The van der Waals surface area contributed by atoms with E-state index in [0.717, 1.165) is 6.42 Å². The summed E-state index contributed by atoms with van der Waals surface area (Å²) in [6.07, 6.45) is 1.35. The lowest BCUT2D eigenvalue weighted by Gasteiger charge is -2.23. The molecule has 8 nitrogen and oxygen atoms in total. The van der Waals surface area contributed by atoms with E-state index in [-0.39, 0.29) is 11.9 Å². The molecule has 8 heteroatoms. The van der Waals surface area contributed by atoms with Crippen LogP contribution in [-0.2, 0) is 4.79 Å². The molecule has 2 N–H and O–H groups in total. The monoisotopic (exact) mass is 233 g/mol. The van der Waals surface area contributed by atoms with Gasteiger partial charge in [0.2, 0.25) is 5.91 Å². The molecule has 0 bridgehead atoms. The minimum Gasteiger partial charge on any atom is -0.364 e. The first-order chi connectivity index (χ1) is 8.31. The van der Waals surface area contributed by atoms with Gasteiger partial charge in [-0.05, 0) is 29.0 Å². The van der Waals surface area contributed by atoms with Crippen LogP contribution in [0.3, 0.4) is 0 Å². The summed E-state index contributed by atoms with van der Waals surface area (Å²) in [6, 6.07) is 3.81. The summed E-state index contributed by atoms with van der Waals surface area (Å²) >= 11 is 0. The molecule has 3 rings (SSSR count). The van der Waals surface area contributed by atoms with Crippen molar-refractivity contribution in [2.45, 2.75) is 18.9 Å². The van der Waals surface area contributed by atoms with Crippen molar-refractivity contribution in [2.75, 3.05) is 11.9 Å². The third-order valence-electron chi connectivity index (χ3n) is 2.69. The third-order valence-corrected chi connectivity index (χ3v) is 2.69. The van der Waals surface area contributed by atoms with Gasteiger partial charge in [0.25, 0.3) is 0 Å². The van der Waals surface area contributed by atoms with Crippen molar-refractivity contribution < 1.29 is 4.79 Å². The molecule has 88 valence electrons. The lowest BCUT2D eigenvalue weighted by Crippen LogP contribution is -2.42. The molecule has 1 aliphatic rings. The van der Waals surface area contributed by atoms with Crippen LogP contribution in [0.15, 0.2) is 12.1 Å². The number of rotatable bonds is 2. The number of amides is 1. The van der Waals surface area contributed by atoms with Gasteiger partial charge in [-0.3, -0.25) is 4.79 Å². The number of hydrogen-bond acceptors (Lipinski definition) is 6. The normalized spacial score (nSPS) is 20.2. The Morgan fingerprint density at radius 3 is 3.24 bits per heavy atom. The highest BCUT2D eigenvalue weighted by atomic mass is 16.1. The molecule has 0 radical (unpaired) electrons. The molecule has 0 aromatic carbocycles. The van der Waals surface area contributed by atoms with Crippen LogP contribution < -0.4 is 10.6 Å². The number of nitrogens with zero attached hydrogens (tertiary/aromatic N) is 5. The van der Waals surface area contributed by atoms with Gasteiger partial charge < -0.3 is 10.6 Å². The fourth-order valence-electron chi connectivity index (χ4n) is 1.79. The molecule has 1 aliphatic heterocycles. The van der Waals surface area contributed by atoms with Gasteiger partial charge in [0, 0.05) is 19.0 Å². The van der Waals surface area contributed by atoms with Crippen molar-refractivity contribution in [1.29, 1.82) is 0 Å². The summed E-state index contributed by atoms with van der Waals surface area (Å²) in [4.78, 5) is 11.0. The lowest BCUT2D eigenvalue weighted by molar-refractivity contribution is -0.122. The Hall–Kier alpha value is -2.25. The molecule has 2 aromatic rings. The van der Waals surface area contributed by atoms with Gasteiger partial charge in [-0.25, -0.2) is 0 Å². The van der Waals surface area contributed by atoms with Gasteiger partial charge in [-0.15, -0.1) is 14.8 Å².